The van der Waals surface area contributed by atoms with E-state index in [2.05, 4.69) is 4.90 Å². The Hall–Kier alpha value is -3.75. The number of hydrogen-bond acceptors (Lipinski definition) is 14. The van der Waals surface area contributed by atoms with Gasteiger partial charge in [-0.25, -0.2) is 4.79 Å². The van der Waals surface area contributed by atoms with Gasteiger partial charge in [-0.15, -0.1) is 0 Å². The summed E-state index contributed by atoms with van der Waals surface area (Å²) in [5.74, 6) is -2.48. The largest absolute Gasteiger partial charge is 0.477 e. The lowest BCUT2D eigenvalue weighted by Gasteiger charge is -2.62. The van der Waals surface area contributed by atoms with Gasteiger partial charge in [0.05, 0.1) is 18.1 Å². The lowest BCUT2D eigenvalue weighted by molar-refractivity contribution is -0.282. The van der Waals surface area contributed by atoms with Crippen LogP contribution in [-0.4, -0.2) is 108 Å². The van der Waals surface area contributed by atoms with Crippen LogP contribution in [0.15, 0.2) is 12.1 Å². The second-order valence-electron chi connectivity index (χ2n) is 13.5. The molecule has 3 unspecified atom stereocenters. The van der Waals surface area contributed by atoms with Crippen LogP contribution in [0.4, 0.5) is 0 Å². The minimum atomic E-state index is -1.64. The zero-order valence-electron chi connectivity index (χ0n) is 26.7. The molecule has 1 spiro atoms. The fraction of sp³-hybridized carbons (Fsp3) is 0.667. The van der Waals surface area contributed by atoms with Crippen LogP contribution >= 0.6 is 0 Å². The van der Waals surface area contributed by atoms with Gasteiger partial charge in [0.1, 0.15) is 0 Å². The molecule has 7 rings (SSSR count). The number of likely N-dealkylation sites (tertiary alicyclic amines) is 1. The standard InChI is InChI=1S/C33H39NO13/c1-15(35)42-25-26(43-16(2)36)28(44-17(3)37)31(47-27(25)30(39)41-4)45-21-8-7-19-13-22-33(40)10-9-20(38)29-32(33,23(19)24(21)46-29)11-12-34(22)14-18-5-6-18/h7-8,18,22,25-29,31,40H,5-6,9-14H2,1-4H3/t22-,25-,26?,27?,28?,29+,31-,32+,33-/m1/s1. The fourth-order valence-electron chi connectivity index (χ4n) is 8.65. The molecule has 0 amide bonds. The summed E-state index contributed by atoms with van der Waals surface area (Å²) < 4.78 is 40.0. The Morgan fingerprint density at radius 3 is 2.32 bits per heavy atom. The number of ketones is 1. The number of benzene rings is 1. The van der Waals surface area contributed by atoms with Crippen molar-refractivity contribution in [1.82, 2.24) is 4.90 Å². The van der Waals surface area contributed by atoms with Crippen LogP contribution in [0.25, 0.3) is 0 Å². The number of rotatable bonds is 8. The van der Waals surface area contributed by atoms with Crippen molar-refractivity contribution < 1.29 is 62.2 Å². The Labute approximate surface area is 270 Å². The monoisotopic (exact) mass is 657 g/mol. The maximum absolute atomic E-state index is 13.5. The summed E-state index contributed by atoms with van der Waals surface area (Å²) in [5.41, 5.74) is -0.518. The van der Waals surface area contributed by atoms with Gasteiger partial charge >= 0.3 is 23.9 Å². The van der Waals surface area contributed by atoms with Gasteiger partial charge in [0.2, 0.25) is 12.4 Å². The third-order valence-corrected chi connectivity index (χ3v) is 10.6. The van der Waals surface area contributed by atoms with Crippen LogP contribution in [-0.2, 0) is 59.5 Å². The molecule has 47 heavy (non-hydrogen) atoms. The van der Waals surface area contributed by atoms with Gasteiger partial charge in [0, 0.05) is 45.3 Å². The van der Waals surface area contributed by atoms with Gasteiger partial charge in [0.15, 0.2) is 41.7 Å². The lowest BCUT2D eigenvalue weighted by atomic mass is 9.49. The van der Waals surface area contributed by atoms with Gasteiger partial charge < -0.3 is 38.3 Å². The molecule has 14 nitrogen and oxygen atoms in total. The maximum Gasteiger partial charge on any atom is 0.339 e. The summed E-state index contributed by atoms with van der Waals surface area (Å²) in [7, 11) is 1.10. The molecule has 3 heterocycles. The van der Waals surface area contributed by atoms with Crippen LogP contribution in [0.5, 0.6) is 11.5 Å². The Morgan fingerprint density at radius 1 is 0.979 bits per heavy atom. The molecule has 4 fully saturated rings. The Balaban J connectivity index is 1.29. The smallest absolute Gasteiger partial charge is 0.339 e. The summed E-state index contributed by atoms with van der Waals surface area (Å²) in [6.45, 7) is 4.95. The number of esters is 4. The molecule has 1 aromatic carbocycles. The van der Waals surface area contributed by atoms with E-state index in [1.165, 1.54) is 12.8 Å². The van der Waals surface area contributed by atoms with Crippen LogP contribution < -0.4 is 9.47 Å². The van der Waals surface area contributed by atoms with Gasteiger partial charge in [-0.05, 0) is 56.2 Å². The zero-order valence-corrected chi connectivity index (χ0v) is 26.7. The highest BCUT2D eigenvalue weighted by Crippen LogP contribution is 2.65. The number of carbonyl (C=O) groups excluding carboxylic acids is 5. The van der Waals surface area contributed by atoms with Crippen LogP contribution in [0, 0.1) is 5.92 Å². The molecule has 6 aliphatic rings. The van der Waals surface area contributed by atoms with Gasteiger partial charge in [-0.2, -0.15) is 0 Å². The van der Waals surface area contributed by atoms with Crippen molar-refractivity contribution in [2.45, 2.75) is 113 Å². The van der Waals surface area contributed by atoms with Crippen molar-refractivity contribution in [2.24, 2.45) is 5.92 Å². The van der Waals surface area contributed by atoms with Gasteiger partial charge in [-0.1, -0.05) is 6.07 Å². The van der Waals surface area contributed by atoms with Crippen LogP contribution in [0.3, 0.4) is 0 Å². The molecule has 0 radical (unpaired) electrons. The number of aliphatic hydroxyl groups is 1. The van der Waals surface area contributed by atoms with Crippen molar-refractivity contribution in [3.05, 3.63) is 23.3 Å². The van der Waals surface area contributed by atoms with Crippen molar-refractivity contribution in [1.29, 1.82) is 0 Å². The zero-order chi connectivity index (χ0) is 33.4. The SMILES string of the molecule is COC(=O)C1O[C@@H](Oc2ccc3c4c2O[C@H]2C(=O)CC[C@@]5(O)[C@@H](C3)N(CC3CC3)CC[C@]425)C(OC(C)=O)C(OC(C)=O)[C@H]1OC(C)=O. The lowest BCUT2D eigenvalue weighted by Crippen LogP contribution is -2.76. The average Bonchev–Trinajstić information content (AvgIpc) is 3.75. The number of Topliss-reactive ketones (excluding diaryl/α,β-unsaturated/α-hetero) is 1. The fourth-order valence-corrected chi connectivity index (χ4v) is 8.65. The van der Waals surface area contributed by atoms with E-state index < -0.39 is 71.7 Å². The second-order valence-corrected chi connectivity index (χ2v) is 13.5. The van der Waals surface area contributed by atoms with Crippen LogP contribution in [0.2, 0.25) is 0 Å². The quantitative estimate of drug-likeness (QED) is 0.308. The van der Waals surface area contributed by atoms with E-state index in [-0.39, 0.29) is 29.7 Å². The third kappa shape index (κ3) is 4.98. The summed E-state index contributed by atoms with van der Waals surface area (Å²) >= 11 is 0. The molecule has 1 aromatic rings. The van der Waals surface area contributed by atoms with E-state index in [9.17, 15) is 29.1 Å². The number of methoxy groups -OCH3 is 1. The summed E-state index contributed by atoms with van der Waals surface area (Å²) in [6, 6.07) is 3.36. The van der Waals surface area contributed by atoms with E-state index in [1.54, 1.807) is 6.07 Å². The normalized spacial score (nSPS) is 36.8. The molecule has 0 aromatic heterocycles. The Morgan fingerprint density at radius 2 is 1.66 bits per heavy atom. The predicted molar refractivity (Wildman–Crippen MR) is 156 cm³/mol. The first kappa shape index (κ1) is 31.8. The topological polar surface area (TPSA) is 173 Å². The number of hydrogen-bond donors (Lipinski definition) is 1. The van der Waals surface area contributed by atoms with E-state index in [1.807, 2.05) is 6.07 Å². The van der Waals surface area contributed by atoms with Crippen molar-refractivity contribution in [2.75, 3.05) is 20.2 Å². The molecule has 14 heteroatoms. The van der Waals surface area contributed by atoms with Gasteiger partial charge in [-0.3, -0.25) is 24.1 Å². The maximum atomic E-state index is 13.5. The van der Waals surface area contributed by atoms with E-state index in [0.29, 0.717) is 31.7 Å². The highest BCUT2D eigenvalue weighted by atomic mass is 16.7. The first-order valence-electron chi connectivity index (χ1n) is 16.1. The summed E-state index contributed by atoms with van der Waals surface area (Å²) in [4.78, 5) is 65.4. The highest BCUT2D eigenvalue weighted by Gasteiger charge is 2.73. The number of nitrogens with zero attached hydrogens (tertiary/aromatic N) is 1. The van der Waals surface area contributed by atoms with Gasteiger partial charge in [0.25, 0.3) is 0 Å². The number of carbonyl (C=O) groups is 5. The highest BCUT2D eigenvalue weighted by molar-refractivity contribution is 5.90. The molecule has 3 aliphatic heterocycles. The first-order chi connectivity index (χ1) is 22.4. The van der Waals surface area contributed by atoms with E-state index in [4.69, 9.17) is 33.2 Å². The number of ether oxygens (including phenoxy) is 7. The molecule has 254 valence electrons. The second kappa shape index (κ2) is 11.4. The van der Waals surface area contributed by atoms with E-state index in [0.717, 1.165) is 45.6 Å². The molecule has 2 bridgehead atoms. The molecule has 2 saturated carbocycles. The summed E-state index contributed by atoms with van der Waals surface area (Å²) in [6.07, 6.45) is -4.78. The van der Waals surface area contributed by atoms with Crippen molar-refractivity contribution in [3.63, 3.8) is 0 Å². The van der Waals surface area contributed by atoms with Crippen LogP contribution in [0.1, 0.15) is 64.0 Å². The molecular weight excluding hydrogens is 618 g/mol. The molecule has 2 saturated heterocycles. The summed E-state index contributed by atoms with van der Waals surface area (Å²) in [5, 5.41) is 12.6. The Kier molecular flexibility index (Phi) is 7.75. The minimum absolute atomic E-state index is 0.101. The minimum Gasteiger partial charge on any atom is -0.477 e. The third-order valence-electron chi connectivity index (χ3n) is 10.6. The predicted octanol–water partition coefficient (Wildman–Crippen LogP) is 0.892. The van der Waals surface area contributed by atoms with Crippen molar-refractivity contribution in [3.8, 4) is 11.5 Å². The molecule has 9 atom stereocenters. The Bertz CT molecular complexity index is 1520. The molecular formula is C33H39NO13. The van der Waals surface area contributed by atoms with E-state index >= 15 is 0 Å². The number of piperidine rings is 1. The average molecular weight is 658 g/mol. The molecule has 1 N–H and O–H groups in total. The van der Waals surface area contributed by atoms with Crippen molar-refractivity contribution >= 4 is 29.7 Å². The molecule has 3 aliphatic carbocycles. The first-order valence-corrected chi connectivity index (χ1v) is 16.1.